The van der Waals surface area contributed by atoms with Gasteiger partial charge in [0.1, 0.15) is 0 Å². The summed E-state index contributed by atoms with van der Waals surface area (Å²) in [4.78, 5) is 12.5. The van der Waals surface area contributed by atoms with Crippen molar-refractivity contribution in [3.8, 4) is 0 Å². The number of amides is 1. The van der Waals surface area contributed by atoms with Gasteiger partial charge in [-0.05, 0) is 48.4 Å². The second kappa shape index (κ2) is 11.5. The summed E-state index contributed by atoms with van der Waals surface area (Å²) in [5, 5.41) is 2.08. The van der Waals surface area contributed by atoms with Gasteiger partial charge in [-0.15, -0.1) is 0 Å². The van der Waals surface area contributed by atoms with Crippen molar-refractivity contribution >= 4 is 17.0 Å². The van der Waals surface area contributed by atoms with Crippen molar-refractivity contribution < 1.29 is 44.6 Å². The molecule has 37 heavy (non-hydrogen) atoms. The van der Waals surface area contributed by atoms with E-state index in [4.69, 9.17) is 0 Å². The van der Waals surface area contributed by atoms with E-state index in [1.165, 1.54) is 0 Å². The molecule has 2 unspecified atom stereocenters. The lowest BCUT2D eigenvalue weighted by atomic mass is 9.91. The van der Waals surface area contributed by atoms with Crippen LogP contribution in [0.3, 0.4) is 0 Å². The molecule has 2 aromatic rings. The normalized spacial score (nSPS) is 16.3. The van der Waals surface area contributed by atoms with Crippen LogP contribution in [-0.2, 0) is 28.0 Å². The fourth-order valence-electron chi connectivity index (χ4n) is 4.02. The van der Waals surface area contributed by atoms with Gasteiger partial charge in [-0.3, -0.25) is 4.79 Å². The maximum Gasteiger partial charge on any atom is 0.430 e. The number of hydrogen-bond donors (Lipinski definition) is 2. The number of benzene rings is 2. The standard InChI is InChI=1S/C25H27F6NO4S/c1-2-3-14-36-23(24(26,27)28,25(29,30)31)20-12-10-19(11-13-20)22(33)32-15-16-4-6-17(7-5-16)21(37(34)35)18-8-9-18/h4-7,10-13,18,21H,2-3,8-9,14-15H2,1H3,(H,32,33)(H,34,35). The van der Waals surface area contributed by atoms with E-state index in [1.807, 2.05) is 0 Å². The predicted molar refractivity (Wildman–Crippen MR) is 125 cm³/mol. The SMILES string of the molecule is CCCCOC(c1ccc(C(=O)NCc2ccc(C(C3CC3)S(=O)O)cc2)cc1)(C(F)(F)F)C(F)(F)F. The molecule has 3 rings (SSSR count). The molecular formula is C25H27F6NO4S. The third-order valence-corrected chi connectivity index (χ3v) is 7.29. The summed E-state index contributed by atoms with van der Waals surface area (Å²) in [7, 11) is 0. The fourth-order valence-corrected chi connectivity index (χ4v) is 5.01. The van der Waals surface area contributed by atoms with E-state index in [9.17, 15) is 39.9 Å². The van der Waals surface area contributed by atoms with E-state index < -0.39 is 52.4 Å². The van der Waals surface area contributed by atoms with Crippen LogP contribution in [0.4, 0.5) is 26.3 Å². The van der Waals surface area contributed by atoms with E-state index in [0.717, 1.165) is 25.0 Å². The average Bonchev–Trinajstić information content (AvgIpc) is 3.64. The summed E-state index contributed by atoms with van der Waals surface area (Å²) < 4.78 is 108. The van der Waals surface area contributed by atoms with Crippen LogP contribution in [0.1, 0.15) is 64.9 Å². The van der Waals surface area contributed by atoms with Crippen LogP contribution in [0.2, 0.25) is 0 Å². The summed E-state index contributed by atoms with van der Waals surface area (Å²) in [5.41, 5.74) is -4.45. The summed E-state index contributed by atoms with van der Waals surface area (Å²) in [5.74, 6) is -0.538. The molecule has 0 aromatic heterocycles. The highest BCUT2D eigenvalue weighted by atomic mass is 32.2. The van der Waals surface area contributed by atoms with Crippen molar-refractivity contribution in [2.45, 2.75) is 62.4 Å². The third kappa shape index (κ3) is 6.53. The Balaban J connectivity index is 1.72. The zero-order valence-electron chi connectivity index (χ0n) is 19.9. The molecule has 0 heterocycles. The van der Waals surface area contributed by atoms with Gasteiger partial charge < -0.3 is 14.6 Å². The van der Waals surface area contributed by atoms with Crippen LogP contribution in [0.25, 0.3) is 0 Å². The van der Waals surface area contributed by atoms with E-state index in [0.29, 0.717) is 29.7 Å². The minimum atomic E-state index is -5.78. The largest absolute Gasteiger partial charge is 0.430 e. The Bertz CT molecular complexity index is 1070. The first-order chi connectivity index (χ1) is 17.3. The number of carbonyl (C=O) groups excluding carboxylic acids is 1. The molecule has 204 valence electrons. The number of rotatable bonds is 11. The van der Waals surface area contributed by atoms with Gasteiger partial charge in [0.15, 0.2) is 11.1 Å². The quantitative estimate of drug-likeness (QED) is 0.192. The molecule has 1 aliphatic rings. The molecule has 1 saturated carbocycles. The molecule has 12 heteroatoms. The van der Waals surface area contributed by atoms with E-state index >= 15 is 0 Å². The molecule has 2 N–H and O–H groups in total. The molecule has 0 bridgehead atoms. The lowest BCUT2D eigenvalue weighted by Crippen LogP contribution is -2.56. The fraction of sp³-hybridized carbons (Fsp3) is 0.480. The zero-order valence-corrected chi connectivity index (χ0v) is 20.7. The number of halogens is 6. The average molecular weight is 552 g/mol. The van der Waals surface area contributed by atoms with Crippen molar-refractivity contribution in [3.63, 3.8) is 0 Å². The maximum absolute atomic E-state index is 13.8. The van der Waals surface area contributed by atoms with Crippen molar-refractivity contribution in [1.29, 1.82) is 0 Å². The molecular weight excluding hydrogens is 524 g/mol. The topological polar surface area (TPSA) is 75.6 Å². The van der Waals surface area contributed by atoms with Gasteiger partial charge >= 0.3 is 12.4 Å². The van der Waals surface area contributed by atoms with Crippen LogP contribution < -0.4 is 5.32 Å². The van der Waals surface area contributed by atoms with Crippen molar-refractivity contribution in [2.24, 2.45) is 5.92 Å². The summed E-state index contributed by atoms with van der Waals surface area (Å²) in [6.07, 6.45) is -9.45. The number of nitrogens with one attached hydrogen (secondary N) is 1. The van der Waals surface area contributed by atoms with Crippen molar-refractivity contribution in [3.05, 3.63) is 70.8 Å². The molecule has 1 aliphatic carbocycles. The van der Waals surface area contributed by atoms with Gasteiger partial charge in [0, 0.05) is 24.3 Å². The first-order valence-electron chi connectivity index (χ1n) is 11.7. The minimum absolute atomic E-state index is 0.00841. The van der Waals surface area contributed by atoms with Crippen LogP contribution in [0.5, 0.6) is 0 Å². The van der Waals surface area contributed by atoms with Gasteiger partial charge in [-0.1, -0.05) is 49.7 Å². The Morgan fingerprint density at radius 1 is 1.03 bits per heavy atom. The molecule has 0 saturated heterocycles. The van der Waals surface area contributed by atoms with Gasteiger partial charge in [0.05, 0.1) is 5.25 Å². The molecule has 2 aromatic carbocycles. The number of alkyl halides is 6. The third-order valence-electron chi connectivity index (χ3n) is 6.20. The highest BCUT2D eigenvalue weighted by Gasteiger charge is 2.73. The molecule has 0 aliphatic heterocycles. The smallest absolute Gasteiger partial charge is 0.354 e. The molecule has 0 spiro atoms. The first kappa shape index (κ1) is 29.1. The summed E-state index contributed by atoms with van der Waals surface area (Å²) in [6.45, 7) is 0.898. The number of carbonyl (C=O) groups is 1. The number of ether oxygens (including phenoxy) is 1. The molecule has 1 fully saturated rings. The van der Waals surface area contributed by atoms with Gasteiger partial charge in [-0.2, -0.15) is 26.3 Å². The Hall–Kier alpha value is -2.44. The lowest BCUT2D eigenvalue weighted by Gasteiger charge is -2.37. The second-order valence-corrected chi connectivity index (χ2v) is 9.97. The predicted octanol–water partition coefficient (Wildman–Crippen LogP) is 6.43. The van der Waals surface area contributed by atoms with Crippen LogP contribution in [0, 0.1) is 5.92 Å². The highest BCUT2D eigenvalue weighted by molar-refractivity contribution is 7.79. The van der Waals surface area contributed by atoms with Gasteiger partial charge in [-0.25, -0.2) is 4.21 Å². The Kier molecular flexibility index (Phi) is 9.07. The number of hydrogen-bond acceptors (Lipinski definition) is 3. The van der Waals surface area contributed by atoms with Gasteiger partial charge in [0.2, 0.25) is 0 Å². The lowest BCUT2D eigenvalue weighted by molar-refractivity contribution is -0.389. The van der Waals surface area contributed by atoms with Crippen molar-refractivity contribution in [1.82, 2.24) is 5.32 Å². The second-order valence-electron chi connectivity index (χ2n) is 8.91. The van der Waals surface area contributed by atoms with E-state index in [1.54, 1.807) is 31.2 Å². The van der Waals surface area contributed by atoms with E-state index in [-0.39, 0.29) is 24.4 Å². The summed E-state index contributed by atoms with van der Waals surface area (Å²) in [6, 6.07) is 9.72. The van der Waals surface area contributed by atoms with Crippen LogP contribution >= 0.6 is 0 Å². The van der Waals surface area contributed by atoms with E-state index in [2.05, 4.69) is 10.1 Å². The minimum Gasteiger partial charge on any atom is -0.354 e. The Morgan fingerprint density at radius 3 is 2.05 bits per heavy atom. The zero-order chi connectivity index (χ0) is 27.4. The number of unbranched alkanes of at least 4 members (excludes halogenated alkanes) is 1. The monoisotopic (exact) mass is 551 g/mol. The molecule has 0 radical (unpaired) electrons. The first-order valence-corrected chi connectivity index (χ1v) is 12.8. The molecule has 2 atom stereocenters. The van der Waals surface area contributed by atoms with Crippen molar-refractivity contribution in [2.75, 3.05) is 6.61 Å². The Morgan fingerprint density at radius 2 is 1.59 bits per heavy atom. The molecule has 1 amide bonds. The van der Waals surface area contributed by atoms with Gasteiger partial charge in [0.25, 0.3) is 11.5 Å². The molecule has 5 nitrogen and oxygen atoms in total. The summed E-state index contributed by atoms with van der Waals surface area (Å²) >= 11 is -2.01. The van der Waals surface area contributed by atoms with Crippen LogP contribution in [0.15, 0.2) is 48.5 Å². The van der Waals surface area contributed by atoms with Crippen LogP contribution in [-0.4, -0.2) is 33.6 Å². The Labute approximate surface area is 212 Å². The highest BCUT2D eigenvalue weighted by Crippen LogP contribution is 2.53. The maximum atomic E-state index is 13.8.